The summed E-state index contributed by atoms with van der Waals surface area (Å²) in [6.45, 7) is 1.92. The lowest BCUT2D eigenvalue weighted by molar-refractivity contribution is -0.384. The molecule has 0 amide bonds. The molecule has 2 aromatic rings. The summed E-state index contributed by atoms with van der Waals surface area (Å²) in [5, 5.41) is 10.6. The summed E-state index contributed by atoms with van der Waals surface area (Å²) < 4.78 is 24.4. The summed E-state index contributed by atoms with van der Waals surface area (Å²) in [5.41, 5.74) is 1.11. The van der Waals surface area contributed by atoms with Gasteiger partial charge in [-0.1, -0.05) is 17.7 Å². The molecule has 128 valence electrons. The van der Waals surface area contributed by atoms with E-state index in [9.17, 15) is 18.5 Å². The number of sulfone groups is 1. The van der Waals surface area contributed by atoms with Crippen molar-refractivity contribution in [3.8, 4) is 0 Å². The van der Waals surface area contributed by atoms with Gasteiger partial charge in [-0.2, -0.15) is 0 Å². The van der Waals surface area contributed by atoms with Gasteiger partial charge in [0, 0.05) is 17.0 Å². The zero-order valence-corrected chi connectivity index (χ0v) is 15.0. The van der Waals surface area contributed by atoms with Crippen LogP contribution < -0.4 is 0 Å². The van der Waals surface area contributed by atoms with Crippen LogP contribution in [0.4, 0.5) is 5.69 Å². The number of hydrogen-bond acceptors (Lipinski definition) is 5. The number of hydrogen-bond donors (Lipinski definition) is 0. The number of non-ortho nitro benzene ring substituents is 1. The number of nitrogens with zero attached hydrogens (tertiary/aromatic N) is 1. The highest BCUT2D eigenvalue weighted by Crippen LogP contribution is 2.22. The molecule has 0 bridgehead atoms. The molecule has 0 aliphatic heterocycles. The van der Waals surface area contributed by atoms with Crippen LogP contribution in [0.5, 0.6) is 0 Å². The van der Waals surface area contributed by atoms with Gasteiger partial charge in [-0.15, -0.1) is 11.8 Å². The third kappa shape index (κ3) is 5.35. The molecule has 0 saturated heterocycles. The van der Waals surface area contributed by atoms with Crippen molar-refractivity contribution in [2.45, 2.75) is 29.6 Å². The summed E-state index contributed by atoms with van der Waals surface area (Å²) in [7, 11) is -3.22. The molecule has 0 saturated carbocycles. The van der Waals surface area contributed by atoms with E-state index in [1.807, 2.05) is 6.92 Å². The highest BCUT2D eigenvalue weighted by molar-refractivity contribution is 7.99. The average molecular weight is 365 g/mol. The molecule has 7 heteroatoms. The van der Waals surface area contributed by atoms with Gasteiger partial charge in [0.1, 0.15) is 0 Å². The van der Waals surface area contributed by atoms with Crippen molar-refractivity contribution in [1.82, 2.24) is 0 Å². The SMILES string of the molecule is Cc1ccc(S(=O)(=O)CCCCSc2ccc([N+](=O)[O-])cc2)cc1. The molecule has 2 aromatic carbocycles. The maximum absolute atomic E-state index is 12.2. The van der Waals surface area contributed by atoms with E-state index < -0.39 is 14.8 Å². The number of nitro benzene ring substituents is 1. The first-order valence-electron chi connectivity index (χ1n) is 7.55. The average Bonchev–Trinajstić information content (AvgIpc) is 2.55. The van der Waals surface area contributed by atoms with E-state index in [1.165, 1.54) is 12.1 Å². The fourth-order valence-electron chi connectivity index (χ4n) is 2.11. The van der Waals surface area contributed by atoms with Gasteiger partial charge >= 0.3 is 0 Å². The predicted octanol–water partition coefficient (Wildman–Crippen LogP) is 4.25. The normalized spacial score (nSPS) is 11.4. The topological polar surface area (TPSA) is 77.3 Å². The van der Waals surface area contributed by atoms with Gasteiger partial charge in [0.05, 0.1) is 15.6 Å². The van der Waals surface area contributed by atoms with E-state index in [1.54, 1.807) is 48.2 Å². The molecular weight excluding hydrogens is 346 g/mol. The molecule has 24 heavy (non-hydrogen) atoms. The first kappa shape index (κ1) is 18.5. The zero-order chi connectivity index (χ0) is 17.6. The Bertz CT molecular complexity index is 784. The van der Waals surface area contributed by atoms with E-state index in [2.05, 4.69) is 0 Å². The molecule has 0 aliphatic rings. The minimum Gasteiger partial charge on any atom is -0.258 e. The second-order valence-corrected chi connectivity index (χ2v) is 8.72. The lowest BCUT2D eigenvalue weighted by Gasteiger charge is -2.05. The van der Waals surface area contributed by atoms with Crippen molar-refractivity contribution in [3.63, 3.8) is 0 Å². The second-order valence-electron chi connectivity index (χ2n) is 5.44. The van der Waals surface area contributed by atoms with E-state index in [4.69, 9.17) is 0 Å². The van der Waals surface area contributed by atoms with Gasteiger partial charge in [-0.05, 0) is 49.8 Å². The Kier molecular flexibility index (Phi) is 6.39. The Balaban J connectivity index is 1.76. The van der Waals surface area contributed by atoms with Crippen LogP contribution in [0.3, 0.4) is 0 Å². The number of thioether (sulfide) groups is 1. The van der Waals surface area contributed by atoms with Crippen molar-refractivity contribution < 1.29 is 13.3 Å². The Morgan fingerprint density at radius 2 is 1.62 bits per heavy atom. The Labute approximate surface area is 146 Å². The number of benzene rings is 2. The molecule has 0 atom stereocenters. The zero-order valence-electron chi connectivity index (χ0n) is 13.3. The van der Waals surface area contributed by atoms with Crippen LogP contribution in [-0.4, -0.2) is 24.8 Å². The van der Waals surface area contributed by atoms with Gasteiger partial charge < -0.3 is 0 Å². The Hall–Kier alpha value is -1.86. The van der Waals surface area contributed by atoms with E-state index >= 15 is 0 Å². The van der Waals surface area contributed by atoms with E-state index in [0.29, 0.717) is 11.3 Å². The lowest BCUT2D eigenvalue weighted by Crippen LogP contribution is -2.07. The molecule has 2 rings (SSSR count). The summed E-state index contributed by atoms with van der Waals surface area (Å²) in [4.78, 5) is 11.5. The number of rotatable bonds is 8. The smallest absolute Gasteiger partial charge is 0.258 e. The maximum atomic E-state index is 12.2. The van der Waals surface area contributed by atoms with E-state index in [-0.39, 0.29) is 11.4 Å². The minimum atomic E-state index is -3.22. The molecule has 0 spiro atoms. The second kappa shape index (κ2) is 8.30. The van der Waals surface area contributed by atoms with Crippen LogP contribution in [0.25, 0.3) is 0 Å². The molecule has 0 unspecified atom stereocenters. The summed E-state index contributed by atoms with van der Waals surface area (Å²) in [6, 6.07) is 13.3. The molecule has 0 fully saturated rings. The van der Waals surface area contributed by atoms with Gasteiger partial charge in [-0.25, -0.2) is 8.42 Å². The van der Waals surface area contributed by atoms with Crippen molar-refractivity contribution in [2.24, 2.45) is 0 Å². The summed E-state index contributed by atoms with van der Waals surface area (Å²) in [6.07, 6.45) is 1.36. The number of unbranched alkanes of at least 4 members (excludes halogenated alkanes) is 1. The third-order valence-corrected chi connectivity index (χ3v) is 6.42. The standard InChI is InChI=1S/C17H19NO4S2/c1-14-4-10-17(11-5-14)24(21,22)13-3-2-12-23-16-8-6-15(7-9-16)18(19)20/h4-11H,2-3,12-13H2,1H3. The van der Waals surface area contributed by atoms with Crippen molar-refractivity contribution >= 4 is 27.3 Å². The number of aryl methyl sites for hydroxylation is 1. The Morgan fingerprint density at radius 3 is 2.21 bits per heavy atom. The van der Waals surface area contributed by atoms with Crippen LogP contribution in [-0.2, 0) is 9.84 Å². The summed E-state index contributed by atoms with van der Waals surface area (Å²) >= 11 is 1.57. The molecule has 0 radical (unpaired) electrons. The van der Waals surface area contributed by atoms with Gasteiger partial charge in [-0.3, -0.25) is 10.1 Å². The molecular formula is C17H19NO4S2. The predicted molar refractivity (Wildman–Crippen MR) is 96.3 cm³/mol. The highest BCUT2D eigenvalue weighted by Gasteiger charge is 2.13. The van der Waals surface area contributed by atoms with Crippen molar-refractivity contribution in [3.05, 3.63) is 64.2 Å². The van der Waals surface area contributed by atoms with Crippen LogP contribution >= 0.6 is 11.8 Å². The number of nitro groups is 1. The fraction of sp³-hybridized carbons (Fsp3) is 0.294. The quantitative estimate of drug-likeness (QED) is 0.302. The monoisotopic (exact) mass is 365 g/mol. The van der Waals surface area contributed by atoms with Gasteiger partial charge in [0.2, 0.25) is 0 Å². The minimum absolute atomic E-state index is 0.0727. The van der Waals surface area contributed by atoms with E-state index in [0.717, 1.165) is 22.6 Å². The molecule has 5 nitrogen and oxygen atoms in total. The molecule has 0 aliphatic carbocycles. The Morgan fingerprint density at radius 1 is 1.00 bits per heavy atom. The fourth-order valence-corrected chi connectivity index (χ4v) is 4.40. The molecule has 0 heterocycles. The van der Waals surface area contributed by atoms with Crippen molar-refractivity contribution in [2.75, 3.05) is 11.5 Å². The maximum Gasteiger partial charge on any atom is 0.269 e. The van der Waals surface area contributed by atoms with Crippen LogP contribution in [0, 0.1) is 17.0 Å². The highest BCUT2D eigenvalue weighted by atomic mass is 32.2. The summed E-state index contributed by atoms with van der Waals surface area (Å²) in [5.74, 6) is 0.915. The van der Waals surface area contributed by atoms with Crippen LogP contribution in [0.15, 0.2) is 58.3 Å². The first-order valence-corrected chi connectivity index (χ1v) is 10.2. The van der Waals surface area contributed by atoms with Crippen LogP contribution in [0.2, 0.25) is 0 Å². The molecule has 0 aromatic heterocycles. The lowest BCUT2D eigenvalue weighted by atomic mass is 10.2. The van der Waals surface area contributed by atoms with Crippen LogP contribution in [0.1, 0.15) is 18.4 Å². The van der Waals surface area contributed by atoms with Gasteiger partial charge in [0.25, 0.3) is 5.69 Å². The largest absolute Gasteiger partial charge is 0.269 e. The van der Waals surface area contributed by atoms with Crippen molar-refractivity contribution in [1.29, 1.82) is 0 Å². The first-order chi connectivity index (χ1) is 11.4. The van der Waals surface area contributed by atoms with Gasteiger partial charge in [0.15, 0.2) is 9.84 Å². The third-order valence-electron chi connectivity index (χ3n) is 3.50. The molecule has 0 N–H and O–H groups in total.